The molecular formula is C27H37ClFN3O6S. The molecule has 0 spiro atoms. The number of carbonyl (C=O) groups is 2. The molecule has 12 heteroatoms. The summed E-state index contributed by atoms with van der Waals surface area (Å²) in [5.74, 6) is -1.55. The molecule has 0 saturated carbocycles. The summed E-state index contributed by atoms with van der Waals surface area (Å²) in [6.45, 7) is 8.11. The van der Waals surface area contributed by atoms with Gasteiger partial charge in [0.05, 0.1) is 11.4 Å². The van der Waals surface area contributed by atoms with Crippen molar-refractivity contribution in [2.24, 2.45) is 0 Å². The van der Waals surface area contributed by atoms with Gasteiger partial charge in [0.1, 0.15) is 11.9 Å². The topological polar surface area (TPSA) is 114 Å². The maximum Gasteiger partial charge on any atom is 0.245 e. The molecule has 0 aromatic heterocycles. The molecule has 1 atom stereocenters. The lowest BCUT2D eigenvalue weighted by Gasteiger charge is -2.33. The van der Waals surface area contributed by atoms with Gasteiger partial charge in [-0.25, -0.2) is 17.5 Å². The largest absolute Gasteiger partial charge is 0.351 e. The summed E-state index contributed by atoms with van der Waals surface area (Å²) >= 11 is 6.00. The molecule has 0 bridgehead atoms. The summed E-state index contributed by atoms with van der Waals surface area (Å²) in [6.07, 6.45) is -0.676. The Hall–Kier alpha value is -2.57. The lowest BCUT2D eigenvalue weighted by atomic mass is 10.0. The number of rotatable bonds is 16. The highest BCUT2D eigenvalue weighted by Crippen LogP contribution is 2.15. The second-order valence-corrected chi connectivity index (χ2v) is 11.2. The molecule has 0 heterocycles. The van der Waals surface area contributed by atoms with E-state index < -0.39 is 34.1 Å². The summed E-state index contributed by atoms with van der Waals surface area (Å²) in [6, 6.07) is 10.3. The minimum Gasteiger partial charge on any atom is -0.351 e. The molecule has 2 aromatic rings. The van der Waals surface area contributed by atoms with Crippen LogP contribution >= 0.6 is 11.6 Å². The van der Waals surface area contributed by atoms with Gasteiger partial charge in [-0.1, -0.05) is 29.8 Å². The molecular weight excluding hydrogens is 549 g/mol. The normalized spacial score (nSPS) is 12.5. The van der Waals surface area contributed by atoms with E-state index in [0.29, 0.717) is 18.2 Å². The molecule has 216 valence electrons. The van der Waals surface area contributed by atoms with E-state index in [1.165, 1.54) is 12.1 Å². The van der Waals surface area contributed by atoms with Gasteiger partial charge in [-0.2, -0.15) is 0 Å². The van der Waals surface area contributed by atoms with Crippen LogP contribution in [0.2, 0.25) is 5.02 Å². The third-order valence-electron chi connectivity index (χ3n) is 5.69. The zero-order chi connectivity index (χ0) is 29.0. The lowest BCUT2D eigenvalue weighted by molar-refractivity contribution is -0.163. The summed E-state index contributed by atoms with van der Waals surface area (Å²) in [7, 11) is -4.01. The number of sulfonamides is 1. The van der Waals surface area contributed by atoms with Crippen molar-refractivity contribution in [3.05, 3.63) is 64.9 Å². The van der Waals surface area contributed by atoms with Gasteiger partial charge < -0.3 is 19.7 Å². The maximum absolute atomic E-state index is 13.7. The minimum absolute atomic E-state index is 0.165. The highest BCUT2D eigenvalue weighted by molar-refractivity contribution is 7.89. The zero-order valence-electron chi connectivity index (χ0n) is 22.7. The Kier molecular flexibility index (Phi) is 13.3. The van der Waals surface area contributed by atoms with Crippen LogP contribution in [0.3, 0.4) is 0 Å². The molecule has 1 unspecified atom stereocenters. The third kappa shape index (κ3) is 10.8. The molecule has 0 saturated heterocycles. The Balaban J connectivity index is 2.16. The number of nitrogens with one attached hydrogen (secondary N) is 2. The van der Waals surface area contributed by atoms with E-state index in [1.54, 1.807) is 29.2 Å². The SMILES string of the molecule is CCOC(CN(C(=O)C(Cc1ccc(Cl)cc1)NC(=O)CCNS(=O)(=O)c1cccc(F)c1)C(C)C)OCC. The number of ether oxygens (including phenoxy) is 2. The Bertz CT molecular complexity index is 1170. The number of hydrogen-bond acceptors (Lipinski definition) is 6. The van der Waals surface area contributed by atoms with Gasteiger partial charge in [0.15, 0.2) is 6.29 Å². The molecule has 0 aliphatic carbocycles. The number of hydrogen-bond donors (Lipinski definition) is 2. The van der Waals surface area contributed by atoms with Crippen LogP contribution in [0, 0.1) is 5.82 Å². The first-order chi connectivity index (χ1) is 18.5. The highest BCUT2D eigenvalue weighted by atomic mass is 35.5. The summed E-state index contributed by atoms with van der Waals surface area (Å²) < 4.78 is 51.9. The maximum atomic E-state index is 13.7. The van der Waals surface area contributed by atoms with Gasteiger partial charge in [-0.05, 0) is 63.6 Å². The first-order valence-corrected chi connectivity index (χ1v) is 14.7. The van der Waals surface area contributed by atoms with E-state index in [4.69, 9.17) is 21.1 Å². The number of benzene rings is 2. The Morgan fingerprint density at radius 3 is 2.26 bits per heavy atom. The van der Waals surface area contributed by atoms with Crippen molar-refractivity contribution in [1.29, 1.82) is 0 Å². The standard InChI is InChI=1S/C27H37ClFN3O6S/c1-5-37-26(38-6-2)18-32(19(3)4)27(34)24(16-20-10-12-21(28)13-11-20)31-25(33)14-15-30-39(35,36)23-9-7-8-22(29)17-23/h7-13,17,19,24,26,30H,5-6,14-16,18H2,1-4H3,(H,31,33). The van der Waals surface area contributed by atoms with Crippen LogP contribution in [0.15, 0.2) is 53.4 Å². The van der Waals surface area contributed by atoms with E-state index in [1.807, 2.05) is 27.7 Å². The van der Waals surface area contributed by atoms with Gasteiger partial charge in [0.2, 0.25) is 21.8 Å². The summed E-state index contributed by atoms with van der Waals surface area (Å²) in [5, 5.41) is 3.29. The van der Waals surface area contributed by atoms with E-state index in [0.717, 1.165) is 17.7 Å². The molecule has 9 nitrogen and oxygen atoms in total. The van der Waals surface area contributed by atoms with Gasteiger partial charge in [-0.3, -0.25) is 9.59 Å². The predicted octanol–water partition coefficient (Wildman–Crippen LogP) is 3.51. The van der Waals surface area contributed by atoms with E-state index in [9.17, 15) is 22.4 Å². The fourth-order valence-corrected chi connectivity index (χ4v) is 4.97. The fraction of sp³-hybridized carbons (Fsp3) is 0.481. The monoisotopic (exact) mass is 585 g/mol. The second kappa shape index (κ2) is 15.9. The van der Waals surface area contributed by atoms with E-state index in [-0.39, 0.29) is 42.8 Å². The number of amides is 2. The van der Waals surface area contributed by atoms with Crippen molar-refractivity contribution in [2.45, 2.75) is 63.8 Å². The van der Waals surface area contributed by atoms with Crippen LogP contribution in [0.25, 0.3) is 0 Å². The first kappa shape index (κ1) is 32.6. The number of carbonyl (C=O) groups excluding carboxylic acids is 2. The average molecular weight is 586 g/mol. The van der Waals surface area contributed by atoms with Crippen molar-refractivity contribution in [3.8, 4) is 0 Å². The molecule has 0 aliphatic rings. The van der Waals surface area contributed by atoms with Gasteiger partial charge >= 0.3 is 0 Å². The van der Waals surface area contributed by atoms with Gasteiger partial charge in [0.25, 0.3) is 0 Å². The second-order valence-electron chi connectivity index (χ2n) is 8.98. The van der Waals surface area contributed by atoms with Crippen molar-refractivity contribution in [2.75, 3.05) is 26.3 Å². The molecule has 0 fully saturated rings. The smallest absolute Gasteiger partial charge is 0.245 e. The van der Waals surface area contributed by atoms with Crippen molar-refractivity contribution in [1.82, 2.24) is 14.9 Å². The van der Waals surface area contributed by atoms with E-state index in [2.05, 4.69) is 10.0 Å². The zero-order valence-corrected chi connectivity index (χ0v) is 24.2. The third-order valence-corrected chi connectivity index (χ3v) is 7.40. The van der Waals surface area contributed by atoms with Crippen LogP contribution in [0.4, 0.5) is 4.39 Å². The quantitative estimate of drug-likeness (QED) is 0.292. The van der Waals surface area contributed by atoms with Crippen molar-refractivity contribution >= 4 is 33.4 Å². The van der Waals surface area contributed by atoms with Gasteiger partial charge in [0, 0.05) is 43.7 Å². The number of nitrogens with zero attached hydrogens (tertiary/aromatic N) is 1. The minimum atomic E-state index is -4.01. The molecule has 2 aromatic carbocycles. The summed E-state index contributed by atoms with van der Waals surface area (Å²) in [5.41, 5.74) is 0.778. The Morgan fingerprint density at radius 1 is 1.05 bits per heavy atom. The predicted molar refractivity (Wildman–Crippen MR) is 147 cm³/mol. The van der Waals surface area contributed by atoms with Gasteiger partial charge in [-0.15, -0.1) is 0 Å². The van der Waals surface area contributed by atoms with Crippen molar-refractivity contribution < 1.29 is 31.9 Å². The lowest BCUT2D eigenvalue weighted by Crippen LogP contribution is -2.54. The van der Waals surface area contributed by atoms with Crippen LogP contribution in [0.1, 0.15) is 39.7 Å². The van der Waals surface area contributed by atoms with Crippen LogP contribution in [-0.4, -0.2) is 69.8 Å². The molecule has 0 radical (unpaired) electrons. The van der Waals surface area contributed by atoms with Crippen LogP contribution in [-0.2, 0) is 35.5 Å². The Labute approximate surface area is 235 Å². The Morgan fingerprint density at radius 2 is 1.69 bits per heavy atom. The van der Waals surface area contributed by atoms with Crippen molar-refractivity contribution in [3.63, 3.8) is 0 Å². The number of halogens is 2. The first-order valence-electron chi connectivity index (χ1n) is 12.8. The summed E-state index contributed by atoms with van der Waals surface area (Å²) in [4.78, 5) is 27.9. The van der Waals surface area contributed by atoms with Crippen LogP contribution < -0.4 is 10.0 Å². The fourth-order valence-electron chi connectivity index (χ4n) is 3.78. The molecule has 2 N–H and O–H groups in total. The molecule has 0 aliphatic heterocycles. The molecule has 2 amide bonds. The van der Waals surface area contributed by atoms with Crippen LogP contribution in [0.5, 0.6) is 0 Å². The van der Waals surface area contributed by atoms with E-state index >= 15 is 0 Å². The average Bonchev–Trinajstić information content (AvgIpc) is 2.87. The molecule has 39 heavy (non-hydrogen) atoms. The molecule has 2 rings (SSSR count). The highest BCUT2D eigenvalue weighted by Gasteiger charge is 2.30.